The molecule has 3 N–H and O–H groups in total. The number of anilines is 1. The number of ketones is 3. The predicted molar refractivity (Wildman–Crippen MR) is 299 cm³/mol. The van der Waals surface area contributed by atoms with E-state index < -0.39 is 75.7 Å². The fraction of sp³-hybridized carbons (Fsp3) is 0.460. The molecule has 28 heteroatoms. The van der Waals surface area contributed by atoms with E-state index in [0.29, 0.717) is 51.9 Å². The predicted octanol–water partition coefficient (Wildman–Crippen LogP) is 5.63. The average Bonchev–Trinajstić information content (AvgIpc) is 3.69. The highest BCUT2D eigenvalue weighted by molar-refractivity contribution is 7.94. The molecule has 22 nitrogen and oxygen atoms in total. The number of nitro benzene ring substituents is 1. The number of hydrogen-bond acceptors (Lipinski definition) is 16. The molecule has 3 aromatic carbocycles. The fourth-order valence-electron chi connectivity index (χ4n) is 7.55. The number of alkyl halides is 1. The molecule has 4 aromatic rings. The number of methoxy groups -OCH3 is 1. The van der Waals surface area contributed by atoms with Crippen molar-refractivity contribution in [3.8, 4) is 23.8 Å². The molecule has 0 saturated heterocycles. The van der Waals surface area contributed by atoms with E-state index in [9.17, 15) is 56.8 Å². The molecule has 2 atom stereocenters. The minimum absolute atomic E-state index is 0.0223. The van der Waals surface area contributed by atoms with Gasteiger partial charge in [-0.15, -0.1) is 23.1 Å². The maximum atomic E-state index is 12.5. The number of aliphatic carboxylic acids is 1. The lowest BCUT2D eigenvalue weighted by Gasteiger charge is -2.31. The Morgan fingerprint density at radius 2 is 1.68 bits per heavy atom. The number of terminal acetylenes is 1. The number of aryl methyl sites for hydroxylation is 3. The Labute approximate surface area is 470 Å². The van der Waals surface area contributed by atoms with Crippen LogP contribution in [0.3, 0.4) is 0 Å². The average molecular weight is 1210 g/mol. The van der Waals surface area contributed by atoms with Gasteiger partial charge < -0.3 is 33.8 Å². The Bertz CT molecular complexity index is 3030. The second-order valence-electron chi connectivity index (χ2n) is 17.7. The number of fused-ring (bicyclic) bond motifs is 1. The van der Waals surface area contributed by atoms with Gasteiger partial charge in [0.2, 0.25) is 5.91 Å². The molecule has 2 heterocycles. The van der Waals surface area contributed by atoms with Crippen molar-refractivity contribution >= 4 is 104 Å². The number of para-hydroxylation sites is 1. The van der Waals surface area contributed by atoms with Gasteiger partial charge in [-0.1, -0.05) is 54.2 Å². The lowest BCUT2D eigenvalue weighted by atomic mass is 9.81. The van der Waals surface area contributed by atoms with Crippen LogP contribution in [0.25, 0.3) is 5.69 Å². The number of benzene rings is 3. The van der Waals surface area contributed by atoms with Crippen LogP contribution in [0.4, 0.5) is 11.4 Å². The first-order valence-electron chi connectivity index (χ1n) is 23.7. The molecule has 1 amide bonds. The third-order valence-corrected chi connectivity index (χ3v) is 13.4. The number of carbonyl (C=O) groups is 5. The number of nitro groups is 1. The van der Waals surface area contributed by atoms with E-state index in [4.69, 9.17) is 60.7 Å². The van der Waals surface area contributed by atoms with Gasteiger partial charge in [0.1, 0.15) is 37.6 Å². The Morgan fingerprint density at radius 3 is 2.19 bits per heavy atom. The smallest absolute Gasteiger partial charge is 0.350 e. The van der Waals surface area contributed by atoms with Crippen molar-refractivity contribution in [2.75, 3.05) is 69.0 Å². The third-order valence-electron chi connectivity index (χ3n) is 10.9. The minimum atomic E-state index is -4.35. The summed E-state index contributed by atoms with van der Waals surface area (Å²) in [6.45, 7) is 6.84. The van der Waals surface area contributed by atoms with Crippen LogP contribution in [0.1, 0.15) is 73.3 Å². The first-order chi connectivity index (χ1) is 36.4. The minimum Gasteiger partial charge on any atom is -0.778 e. The molecule has 1 saturated carbocycles. The number of halogens is 3. The first kappa shape index (κ1) is 68.7. The quantitative estimate of drug-likeness (QED) is 0.0169. The molecular formula is C50H64Cl3N6O16PS2. The van der Waals surface area contributed by atoms with E-state index in [1.807, 2.05) is 31.3 Å². The van der Waals surface area contributed by atoms with Gasteiger partial charge in [-0.3, -0.25) is 44.0 Å². The fourth-order valence-corrected chi connectivity index (χ4v) is 9.23. The molecule has 1 aromatic heterocycles. The van der Waals surface area contributed by atoms with Gasteiger partial charge in [0.05, 0.1) is 81.0 Å². The summed E-state index contributed by atoms with van der Waals surface area (Å²) in [5.74, 6) is -1.39. The van der Waals surface area contributed by atoms with Crippen molar-refractivity contribution in [2.24, 2.45) is 5.92 Å². The molecule has 2 aliphatic rings. The summed E-state index contributed by atoms with van der Waals surface area (Å²) in [6.07, 6.45) is 16.1. The Kier molecular flexibility index (Phi) is 28.7. The topological polar surface area (TPSA) is 317 Å². The lowest BCUT2D eigenvalue weighted by molar-refractivity contribution is -0.385. The molecule has 6 rings (SSSR count). The number of carbonyl (C=O) groups excluding carboxylic acids is 4. The van der Waals surface area contributed by atoms with Crippen molar-refractivity contribution in [2.45, 2.75) is 83.2 Å². The van der Waals surface area contributed by atoms with Gasteiger partial charge in [-0.05, 0) is 79.8 Å². The molecule has 0 radical (unpaired) electrons. The number of amides is 1. The zero-order valence-corrected chi connectivity index (χ0v) is 49.1. The second-order valence-corrected chi connectivity index (χ2v) is 24.9. The summed E-state index contributed by atoms with van der Waals surface area (Å²) in [5.41, 5.74) is 2.27. The van der Waals surface area contributed by atoms with Gasteiger partial charge in [0, 0.05) is 51.3 Å². The van der Waals surface area contributed by atoms with Crippen LogP contribution >= 0.6 is 42.4 Å². The zero-order chi connectivity index (χ0) is 59.2. The third kappa shape index (κ3) is 21.3. The standard InChI is InChI=1S/C15H13Cl2N3O2.C15H22ClNO2.C14H13NO7S.C3H8NO5P.C3H9S/c1-2-7-22-13-9-12(10(16)8-11(13)17)20-15(21)19-6-4-3-5-14(19)18-20;1-5-13-8-6-7-11(2)15(13)17(14(18)9-16)12(3)10-19-4;1-23(21,22)8-5-6-9(10(7-8)15(19)20)14(18)13-11(16)3-2-4-12(13)17;5-3(6)1-4-2-10(7,8)9;1-4(2)3/h1,8-9H,3-7H2;6-8,12H,5,9-10H2,1-4H3;5-7,13H,2-4H2,1H3;4H,1-2H2,(H,5,6)(H2,7,8,9);1-3H3/q;;;;+1/p-1. The summed E-state index contributed by atoms with van der Waals surface area (Å²) in [6, 6.07) is 11.9. The van der Waals surface area contributed by atoms with Crippen molar-refractivity contribution < 1.29 is 66.2 Å². The number of Topliss-reactive ketones (excluding diaryl/α,β-unsaturated/α-hetero) is 3. The highest BCUT2D eigenvalue weighted by Crippen LogP contribution is 2.34. The van der Waals surface area contributed by atoms with E-state index in [-0.39, 0.29) is 47.9 Å². The molecule has 78 heavy (non-hydrogen) atoms. The molecule has 428 valence electrons. The molecule has 1 aliphatic heterocycles. The van der Waals surface area contributed by atoms with Crippen molar-refractivity contribution in [3.63, 3.8) is 0 Å². The molecule has 1 fully saturated rings. The summed E-state index contributed by atoms with van der Waals surface area (Å²) < 4.78 is 46.4. The van der Waals surface area contributed by atoms with Gasteiger partial charge in [-0.25, -0.2) is 13.2 Å². The molecule has 0 spiro atoms. The summed E-state index contributed by atoms with van der Waals surface area (Å²) in [4.78, 5) is 100. The SMILES string of the molecule is C#CCOc1cc(-n2nc3n(c2=O)CCCC3)c(Cl)cc1Cl.CCc1cccc(C)c1N(C(=O)CCl)C(C)COC.CS(=O)(=O)c1ccc(C(=O)C2C(=O)CCCC2=O)c([N+](=O)[O-])c1.C[S+](C)C.O=C(O)CNCP(=O)([O-])O. The van der Waals surface area contributed by atoms with Crippen molar-refractivity contribution in [1.82, 2.24) is 19.7 Å². The number of nitrogens with one attached hydrogen (secondary N) is 1. The first-order valence-corrected chi connectivity index (χ1v) is 31.1. The van der Waals surface area contributed by atoms with Gasteiger partial charge >= 0.3 is 11.7 Å². The lowest BCUT2D eigenvalue weighted by Crippen LogP contribution is -2.43. The second kappa shape index (κ2) is 32.6. The van der Waals surface area contributed by atoms with Crippen LogP contribution < -0.4 is 25.5 Å². The maximum absolute atomic E-state index is 12.5. The number of ether oxygens (including phenoxy) is 2. The Morgan fingerprint density at radius 1 is 1.05 bits per heavy atom. The number of carboxylic acids is 1. The molecule has 2 unspecified atom stereocenters. The van der Waals surface area contributed by atoms with Crippen molar-refractivity contribution in [1.29, 1.82) is 0 Å². The van der Waals surface area contributed by atoms with Crippen LogP contribution in [-0.4, -0.2) is 137 Å². The van der Waals surface area contributed by atoms with Crippen LogP contribution in [0, 0.1) is 35.3 Å². The van der Waals surface area contributed by atoms with Crippen molar-refractivity contribution in [3.05, 3.63) is 102 Å². The van der Waals surface area contributed by atoms with E-state index in [1.165, 1.54) is 10.7 Å². The Balaban J connectivity index is 0.000000358. The highest BCUT2D eigenvalue weighted by atomic mass is 35.5. The maximum Gasteiger partial charge on any atom is 0.350 e. The van der Waals surface area contributed by atoms with E-state index in [1.54, 1.807) is 22.6 Å². The van der Waals surface area contributed by atoms with Gasteiger partial charge in [0.25, 0.3) is 5.69 Å². The molecule has 1 aliphatic carbocycles. The van der Waals surface area contributed by atoms with E-state index >= 15 is 0 Å². The highest BCUT2D eigenvalue weighted by Gasteiger charge is 2.39. The van der Waals surface area contributed by atoms with Crippen LogP contribution in [0.5, 0.6) is 5.75 Å². The zero-order valence-electron chi connectivity index (χ0n) is 44.3. The van der Waals surface area contributed by atoms with Crippen LogP contribution in [0.15, 0.2) is 58.2 Å². The number of hydrogen-bond donors (Lipinski definition) is 3. The largest absolute Gasteiger partial charge is 0.778 e. The molecule has 0 bridgehead atoms. The van der Waals surface area contributed by atoms with Crippen LogP contribution in [-0.2, 0) is 68.6 Å². The summed E-state index contributed by atoms with van der Waals surface area (Å²) in [7, 11) is -5.77. The van der Waals surface area contributed by atoms with E-state index in [0.717, 1.165) is 72.8 Å². The number of sulfone groups is 1. The van der Waals surface area contributed by atoms with Gasteiger partial charge in [0.15, 0.2) is 27.2 Å². The molecular weight excluding hydrogens is 1140 g/mol. The summed E-state index contributed by atoms with van der Waals surface area (Å²) in [5, 5.41) is 26.2. The van der Waals surface area contributed by atoms with Gasteiger partial charge in [-0.2, -0.15) is 4.68 Å². The summed E-state index contributed by atoms with van der Waals surface area (Å²) >= 11 is 18.0. The number of carboxylic acid groups (broad SMARTS) is 1. The van der Waals surface area contributed by atoms with Crippen LogP contribution in [0.2, 0.25) is 10.0 Å². The number of rotatable bonds is 17. The normalized spacial score (nSPS) is 14.2. The number of aromatic nitrogens is 3. The van der Waals surface area contributed by atoms with E-state index in [2.05, 4.69) is 42.8 Å². The monoisotopic (exact) mass is 1200 g/mol. The number of nitrogens with zero attached hydrogens (tertiary/aromatic N) is 5. The Hall–Kier alpha value is -5.45.